The molecule has 1 amide bonds. The first-order chi connectivity index (χ1) is 8.38. The number of halogens is 4. The molecule has 0 radical (unpaired) electrons. The number of benzene rings is 1. The topological polar surface area (TPSA) is 20.3 Å². The van der Waals surface area contributed by atoms with Gasteiger partial charge in [0.1, 0.15) is 6.54 Å². The van der Waals surface area contributed by atoms with Crippen molar-refractivity contribution in [1.29, 1.82) is 0 Å². The van der Waals surface area contributed by atoms with E-state index in [4.69, 9.17) is 0 Å². The van der Waals surface area contributed by atoms with E-state index in [2.05, 4.69) is 15.9 Å². The lowest BCUT2D eigenvalue weighted by Gasteiger charge is -2.24. The van der Waals surface area contributed by atoms with Crippen LogP contribution in [0.15, 0.2) is 28.7 Å². The molecular weight excluding hydrogens is 311 g/mol. The first-order valence-electron chi connectivity index (χ1n) is 5.51. The van der Waals surface area contributed by atoms with E-state index in [0.717, 1.165) is 4.90 Å². The van der Waals surface area contributed by atoms with Crippen LogP contribution in [0.3, 0.4) is 0 Å². The Hall–Kier alpha value is -1.04. The van der Waals surface area contributed by atoms with E-state index in [1.807, 2.05) is 0 Å². The van der Waals surface area contributed by atoms with Crippen LogP contribution in [0, 0.1) is 0 Å². The number of rotatable bonds is 3. The van der Waals surface area contributed by atoms with Crippen LogP contribution in [-0.4, -0.2) is 29.6 Å². The van der Waals surface area contributed by atoms with Crippen molar-refractivity contribution >= 4 is 21.8 Å². The quantitative estimate of drug-likeness (QED) is 0.832. The van der Waals surface area contributed by atoms with Crippen LogP contribution in [0.5, 0.6) is 0 Å². The molecule has 18 heavy (non-hydrogen) atoms. The Kier molecular flexibility index (Phi) is 3.66. The fraction of sp³-hybridized carbons (Fsp3) is 0.417. The van der Waals surface area contributed by atoms with Gasteiger partial charge in [0.05, 0.1) is 5.56 Å². The number of hydrogen-bond acceptors (Lipinski definition) is 1. The Morgan fingerprint density at radius 3 is 2.44 bits per heavy atom. The highest BCUT2D eigenvalue weighted by atomic mass is 79.9. The van der Waals surface area contributed by atoms with Crippen LogP contribution >= 0.6 is 15.9 Å². The summed E-state index contributed by atoms with van der Waals surface area (Å²) in [6.07, 6.45) is -3.07. The van der Waals surface area contributed by atoms with Crippen LogP contribution in [0.25, 0.3) is 0 Å². The second-order valence-electron chi connectivity index (χ2n) is 4.26. The van der Waals surface area contributed by atoms with Gasteiger partial charge in [0, 0.05) is 10.5 Å². The molecule has 0 aliphatic heterocycles. The average molecular weight is 322 g/mol. The van der Waals surface area contributed by atoms with Crippen molar-refractivity contribution in [2.24, 2.45) is 0 Å². The average Bonchev–Trinajstić information content (AvgIpc) is 3.08. The third-order valence-corrected chi connectivity index (χ3v) is 3.39. The van der Waals surface area contributed by atoms with Crippen LogP contribution in [0.2, 0.25) is 0 Å². The van der Waals surface area contributed by atoms with Crippen molar-refractivity contribution in [2.45, 2.75) is 25.1 Å². The standard InChI is InChI=1S/C12H11BrF3NO/c13-10-4-2-1-3-9(10)11(18)17(8-5-6-8)7-12(14,15)16/h1-4,8H,5-7H2. The van der Waals surface area contributed by atoms with E-state index in [0.29, 0.717) is 17.3 Å². The van der Waals surface area contributed by atoms with Crippen molar-refractivity contribution < 1.29 is 18.0 Å². The summed E-state index contributed by atoms with van der Waals surface area (Å²) in [7, 11) is 0. The maximum Gasteiger partial charge on any atom is 0.406 e. The summed E-state index contributed by atoms with van der Waals surface area (Å²) in [6.45, 7) is -1.18. The summed E-state index contributed by atoms with van der Waals surface area (Å²) in [4.78, 5) is 13.0. The van der Waals surface area contributed by atoms with Gasteiger partial charge in [-0.25, -0.2) is 0 Å². The van der Waals surface area contributed by atoms with Gasteiger partial charge in [-0.3, -0.25) is 4.79 Å². The Morgan fingerprint density at radius 1 is 1.33 bits per heavy atom. The van der Waals surface area contributed by atoms with E-state index in [9.17, 15) is 18.0 Å². The third-order valence-electron chi connectivity index (χ3n) is 2.70. The van der Waals surface area contributed by atoms with Gasteiger partial charge in [-0.05, 0) is 40.9 Å². The highest BCUT2D eigenvalue weighted by Crippen LogP contribution is 2.32. The zero-order valence-electron chi connectivity index (χ0n) is 9.38. The van der Waals surface area contributed by atoms with Crippen LogP contribution in [0.1, 0.15) is 23.2 Å². The molecule has 1 saturated carbocycles. The molecule has 0 atom stereocenters. The number of amides is 1. The number of hydrogen-bond donors (Lipinski definition) is 0. The van der Waals surface area contributed by atoms with Crippen molar-refractivity contribution in [2.75, 3.05) is 6.54 Å². The lowest BCUT2D eigenvalue weighted by Crippen LogP contribution is -2.40. The van der Waals surface area contributed by atoms with E-state index < -0.39 is 18.6 Å². The van der Waals surface area contributed by atoms with E-state index in [-0.39, 0.29) is 11.6 Å². The smallest absolute Gasteiger partial charge is 0.327 e. The summed E-state index contributed by atoms with van der Waals surface area (Å²) >= 11 is 3.19. The molecule has 1 aromatic rings. The largest absolute Gasteiger partial charge is 0.406 e. The normalized spacial score (nSPS) is 15.6. The number of alkyl halides is 3. The molecule has 1 aliphatic carbocycles. The second kappa shape index (κ2) is 4.91. The molecule has 1 aromatic carbocycles. The van der Waals surface area contributed by atoms with Crippen LogP contribution in [0.4, 0.5) is 13.2 Å². The molecule has 0 heterocycles. The zero-order valence-corrected chi connectivity index (χ0v) is 11.0. The molecule has 1 aliphatic rings. The summed E-state index contributed by atoms with van der Waals surface area (Å²) in [5.74, 6) is -0.567. The number of carbonyl (C=O) groups excluding carboxylic acids is 1. The highest BCUT2D eigenvalue weighted by Gasteiger charge is 2.41. The molecule has 0 bridgehead atoms. The summed E-state index contributed by atoms with van der Waals surface area (Å²) in [5, 5.41) is 0. The maximum absolute atomic E-state index is 12.5. The third kappa shape index (κ3) is 3.25. The summed E-state index contributed by atoms with van der Waals surface area (Å²) in [6, 6.07) is 6.25. The molecule has 2 nitrogen and oxygen atoms in total. The molecule has 1 fully saturated rings. The Labute approximate surface area is 111 Å². The second-order valence-corrected chi connectivity index (χ2v) is 5.11. The fourth-order valence-corrected chi connectivity index (χ4v) is 2.19. The highest BCUT2D eigenvalue weighted by molar-refractivity contribution is 9.10. The lowest BCUT2D eigenvalue weighted by atomic mass is 10.2. The summed E-state index contributed by atoms with van der Waals surface area (Å²) < 4.78 is 37.9. The molecule has 0 N–H and O–H groups in total. The first kappa shape index (κ1) is 13.4. The fourth-order valence-electron chi connectivity index (χ4n) is 1.74. The maximum atomic E-state index is 12.5. The van der Waals surface area contributed by atoms with Gasteiger partial charge in [0.25, 0.3) is 5.91 Å². The molecule has 6 heteroatoms. The van der Waals surface area contributed by atoms with Gasteiger partial charge >= 0.3 is 6.18 Å². The predicted octanol–water partition coefficient (Wildman–Crippen LogP) is 3.62. The minimum atomic E-state index is -4.36. The predicted molar refractivity (Wildman–Crippen MR) is 64.3 cm³/mol. The van der Waals surface area contributed by atoms with Gasteiger partial charge in [0.2, 0.25) is 0 Å². The molecule has 2 rings (SSSR count). The number of nitrogens with zero attached hydrogens (tertiary/aromatic N) is 1. The Balaban J connectivity index is 2.21. The van der Waals surface area contributed by atoms with E-state index in [1.54, 1.807) is 18.2 Å². The van der Waals surface area contributed by atoms with Crippen molar-refractivity contribution in [3.8, 4) is 0 Å². The van der Waals surface area contributed by atoms with Crippen LogP contribution < -0.4 is 0 Å². The SMILES string of the molecule is O=C(c1ccccc1Br)N(CC(F)(F)F)C1CC1. The van der Waals surface area contributed by atoms with Crippen LogP contribution in [-0.2, 0) is 0 Å². The Bertz CT molecular complexity index is 457. The first-order valence-corrected chi connectivity index (χ1v) is 6.30. The van der Waals surface area contributed by atoms with Crippen molar-refractivity contribution in [3.63, 3.8) is 0 Å². The van der Waals surface area contributed by atoms with Gasteiger partial charge < -0.3 is 4.90 Å². The van der Waals surface area contributed by atoms with Gasteiger partial charge in [-0.1, -0.05) is 12.1 Å². The number of carbonyl (C=O) groups is 1. The van der Waals surface area contributed by atoms with E-state index >= 15 is 0 Å². The minimum Gasteiger partial charge on any atom is -0.327 e. The van der Waals surface area contributed by atoms with Gasteiger partial charge in [-0.2, -0.15) is 13.2 Å². The van der Waals surface area contributed by atoms with Gasteiger partial charge in [-0.15, -0.1) is 0 Å². The molecule has 0 spiro atoms. The zero-order chi connectivity index (χ0) is 13.3. The summed E-state index contributed by atoms with van der Waals surface area (Å²) in [5.41, 5.74) is 0.272. The van der Waals surface area contributed by atoms with Gasteiger partial charge in [0.15, 0.2) is 0 Å². The molecule has 0 unspecified atom stereocenters. The molecule has 98 valence electrons. The molecule has 0 aromatic heterocycles. The van der Waals surface area contributed by atoms with Crippen molar-refractivity contribution in [3.05, 3.63) is 34.3 Å². The van der Waals surface area contributed by atoms with Crippen molar-refractivity contribution in [1.82, 2.24) is 4.90 Å². The lowest BCUT2D eigenvalue weighted by molar-refractivity contribution is -0.141. The van der Waals surface area contributed by atoms with E-state index in [1.165, 1.54) is 6.07 Å². The Morgan fingerprint density at radius 2 is 1.94 bits per heavy atom. The monoisotopic (exact) mass is 321 g/mol. The molecule has 0 saturated heterocycles. The molecular formula is C12H11BrF3NO. The minimum absolute atomic E-state index is 0.272.